The van der Waals surface area contributed by atoms with E-state index < -0.39 is 16.0 Å². The van der Waals surface area contributed by atoms with Crippen LogP contribution in [0.5, 0.6) is 0 Å². The van der Waals surface area contributed by atoms with Crippen LogP contribution in [-0.2, 0) is 16.6 Å². The van der Waals surface area contributed by atoms with Gasteiger partial charge in [0.05, 0.1) is 24.5 Å². The minimum Gasteiger partial charge on any atom is -0.545 e. The number of hydrogen-bond acceptors (Lipinski definition) is 4. The summed E-state index contributed by atoms with van der Waals surface area (Å²) in [7, 11) is -3.55. The zero-order valence-corrected chi connectivity index (χ0v) is 13.3. The fraction of sp³-hybridized carbons (Fsp3) is 0.133. The third-order valence-corrected chi connectivity index (χ3v) is 4.57. The first-order chi connectivity index (χ1) is 10.3. The lowest BCUT2D eigenvalue weighted by atomic mass is 10.2. The summed E-state index contributed by atoms with van der Waals surface area (Å²) >= 11 is 6.07. The van der Waals surface area contributed by atoms with E-state index in [1.165, 1.54) is 24.3 Å². The minimum absolute atomic E-state index is 0.0186. The second-order valence-corrected chi connectivity index (χ2v) is 7.01. The van der Waals surface area contributed by atoms with E-state index in [1.807, 2.05) is 0 Å². The van der Waals surface area contributed by atoms with E-state index >= 15 is 0 Å². The zero-order chi connectivity index (χ0) is 16.3. The summed E-state index contributed by atoms with van der Waals surface area (Å²) in [6.07, 6.45) is 1.08. The van der Waals surface area contributed by atoms with Gasteiger partial charge in [-0.05, 0) is 29.3 Å². The summed E-state index contributed by atoms with van der Waals surface area (Å²) in [6, 6.07) is 12.4. The molecule has 0 saturated carbocycles. The second kappa shape index (κ2) is 6.37. The van der Waals surface area contributed by atoms with Crippen LogP contribution >= 0.6 is 11.6 Å². The quantitative estimate of drug-likeness (QED) is 0.830. The molecule has 0 N–H and O–H groups in total. The largest absolute Gasteiger partial charge is 0.545 e. The summed E-state index contributed by atoms with van der Waals surface area (Å²) in [4.78, 5) is 10.8. The molecule has 0 unspecified atom stereocenters. The smallest absolute Gasteiger partial charge is 0.232 e. The van der Waals surface area contributed by atoms with E-state index in [9.17, 15) is 18.3 Å². The highest BCUT2D eigenvalue weighted by molar-refractivity contribution is 7.92. The zero-order valence-electron chi connectivity index (χ0n) is 11.7. The lowest BCUT2D eigenvalue weighted by molar-refractivity contribution is -0.255. The molecule has 0 atom stereocenters. The molecule has 2 aromatic carbocycles. The highest BCUT2D eigenvalue weighted by atomic mass is 35.5. The van der Waals surface area contributed by atoms with E-state index in [0.29, 0.717) is 16.3 Å². The SMILES string of the molecule is CS(=O)(=O)N(Cc1ccccc1Cl)c1ccc(C(=O)[O-])cc1. The fourth-order valence-corrected chi connectivity index (χ4v) is 3.02. The number of nitrogens with zero attached hydrogens (tertiary/aromatic N) is 1. The highest BCUT2D eigenvalue weighted by Gasteiger charge is 2.18. The van der Waals surface area contributed by atoms with Crippen molar-refractivity contribution >= 4 is 33.3 Å². The predicted octanol–water partition coefficient (Wildman–Crippen LogP) is 1.67. The van der Waals surface area contributed by atoms with Gasteiger partial charge in [0.1, 0.15) is 0 Å². The standard InChI is InChI=1S/C15H14ClNO4S/c1-22(20,21)17(10-12-4-2-3-5-14(12)16)13-8-6-11(7-9-13)15(18)19/h2-9H,10H2,1H3,(H,18,19)/p-1. The molecular weight excluding hydrogens is 326 g/mol. The van der Waals surface area contributed by atoms with Gasteiger partial charge in [-0.1, -0.05) is 41.9 Å². The van der Waals surface area contributed by atoms with Crippen LogP contribution in [0.1, 0.15) is 15.9 Å². The van der Waals surface area contributed by atoms with E-state index in [1.54, 1.807) is 24.3 Å². The van der Waals surface area contributed by atoms with E-state index in [-0.39, 0.29) is 12.1 Å². The molecule has 0 spiro atoms. The topological polar surface area (TPSA) is 77.5 Å². The van der Waals surface area contributed by atoms with Gasteiger partial charge in [-0.3, -0.25) is 4.31 Å². The monoisotopic (exact) mass is 338 g/mol. The summed E-state index contributed by atoms with van der Waals surface area (Å²) < 4.78 is 25.2. The van der Waals surface area contributed by atoms with Crippen molar-refractivity contribution in [3.63, 3.8) is 0 Å². The fourth-order valence-electron chi connectivity index (χ4n) is 1.95. The van der Waals surface area contributed by atoms with Crippen LogP contribution in [0.3, 0.4) is 0 Å². The number of aromatic carboxylic acids is 1. The Kier molecular flexibility index (Phi) is 4.73. The number of carbonyl (C=O) groups excluding carboxylic acids is 1. The van der Waals surface area contributed by atoms with Crippen molar-refractivity contribution in [1.82, 2.24) is 0 Å². The minimum atomic E-state index is -3.55. The van der Waals surface area contributed by atoms with Crippen molar-refractivity contribution < 1.29 is 18.3 Å². The number of carboxylic acids is 1. The first kappa shape index (κ1) is 16.3. The number of carboxylic acid groups (broad SMARTS) is 1. The van der Waals surface area contributed by atoms with Crippen LogP contribution in [0.15, 0.2) is 48.5 Å². The molecular formula is C15H13ClNO4S-. The molecule has 0 saturated heterocycles. The predicted molar refractivity (Wildman–Crippen MR) is 83.3 cm³/mol. The van der Waals surface area contributed by atoms with Crippen LogP contribution < -0.4 is 9.41 Å². The van der Waals surface area contributed by atoms with Crippen LogP contribution in [0, 0.1) is 0 Å². The van der Waals surface area contributed by atoms with E-state index in [2.05, 4.69) is 0 Å². The van der Waals surface area contributed by atoms with Gasteiger partial charge in [-0.25, -0.2) is 8.42 Å². The van der Waals surface area contributed by atoms with Gasteiger partial charge in [-0.2, -0.15) is 0 Å². The Balaban J connectivity index is 2.39. The lowest BCUT2D eigenvalue weighted by Crippen LogP contribution is -2.29. The third kappa shape index (κ3) is 3.78. The first-order valence-corrected chi connectivity index (χ1v) is 8.54. The maximum atomic E-state index is 12.0. The van der Waals surface area contributed by atoms with Gasteiger partial charge in [0, 0.05) is 5.02 Å². The molecule has 0 bridgehead atoms. The van der Waals surface area contributed by atoms with E-state index in [4.69, 9.17) is 11.6 Å². The van der Waals surface area contributed by atoms with Crippen molar-refractivity contribution in [1.29, 1.82) is 0 Å². The number of carbonyl (C=O) groups is 1. The Labute approximate surface area is 133 Å². The Hall–Kier alpha value is -2.05. The average molecular weight is 339 g/mol. The molecule has 2 aromatic rings. The molecule has 7 heteroatoms. The molecule has 2 rings (SSSR count). The highest BCUT2D eigenvalue weighted by Crippen LogP contribution is 2.24. The van der Waals surface area contributed by atoms with Gasteiger partial charge in [0.2, 0.25) is 10.0 Å². The van der Waals surface area contributed by atoms with Crippen molar-refractivity contribution in [2.75, 3.05) is 10.6 Å². The molecule has 116 valence electrons. The Morgan fingerprint density at radius 3 is 2.23 bits per heavy atom. The van der Waals surface area contributed by atoms with Crippen LogP contribution in [0.4, 0.5) is 5.69 Å². The van der Waals surface area contributed by atoms with Crippen LogP contribution in [0.2, 0.25) is 5.02 Å². The van der Waals surface area contributed by atoms with E-state index in [0.717, 1.165) is 10.6 Å². The first-order valence-electron chi connectivity index (χ1n) is 6.31. The molecule has 0 radical (unpaired) electrons. The Bertz CT molecular complexity index is 787. The molecule has 0 fully saturated rings. The summed E-state index contributed by atoms with van der Waals surface area (Å²) in [5.74, 6) is -1.32. The molecule has 0 heterocycles. The van der Waals surface area contributed by atoms with Gasteiger partial charge in [0.25, 0.3) is 0 Å². The van der Waals surface area contributed by atoms with Crippen molar-refractivity contribution in [3.8, 4) is 0 Å². The number of halogens is 1. The molecule has 22 heavy (non-hydrogen) atoms. The normalized spacial score (nSPS) is 11.2. The number of sulfonamides is 1. The van der Waals surface area contributed by atoms with Crippen molar-refractivity contribution in [2.45, 2.75) is 6.54 Å². The average Bonchev–Trinajstić information content (AvgIpc) is 2.45. The Morgan fingerprint density at radius 2 is 1.73 bits per heavy atom. The molecule has 0 amide bonds. The maximum Gasteiger partial charge on any atom is 0.232 e. The molecule has 0 aliphatic rings. The molecule has 0 aliphatic carbocycles. The molecule has 5 nitrogen and oxygen atoms in total. The summed E-state index contributed by atoms with van der Waals surface area (Å²) in [6.45, 7) is 0.0587. The van der Waals surface area contributed by atoms with Crippen LogP contribution in [-0.4, -0.2) is 20.6 Å². The lowest BCUT2D eigenvalue weighted by Gasteiger charge is -2.23. The van der Waals surface area contributed by atoms with Gasteiger partial charge >= 0.3 is 0 Å². The summed E-state index contributed by atoms with van der Waals surface area (Å²) in [5, 5.41) is 11.2. The van der Waals surface area contributed by atoms with Crippen molar-refractivity contribution in [3.05, 3.63) is 64.7 Å². The molecule has 0 aromatic heterocycles. The van der Waals surface area contributed by atoms with Crippen LogP contribution in [0.25, 0.3) is 0 Å². The van der Waals surface area contributed by atoms with Gasteiger partial charge in [0.15, 0.2) is 0 Å². The summed E-state index contributed by atoms with van der Waals surface area (Å²) in [5.41, 5.74) is 0.987. The number of hydrogen-bond donors (Lipinski definition) is 0. The number of benzene rings is 2. The molecule has 0 aliphatic heterocycles. The van der Waals surface area contributed by atoms with Crippen molar-refractivity contribution in [2.24, 2.45) is 0 Å². The third-order valence-electron chi connectivity index (χ3n) is 3.06. The Morgan fingerprint density at radius 1 is 1.14 bits per heavy atom. The number of anilines is 1. The second-order valence-electron chi connectivity index (χ2n) is 4.70. The number of rotatable bonds is 5. The van der Waals surface area contributed by atoms with Gasteiger partial charge < -0.3 is 9.90 Å². The van der Waals surface area contributed by atoms with Gasteiger partial charge in [-0.15, -0.1) is 0 Å². The maximum absolute atomic E-state index is 12.0.